The normalized spacial score (nSPS) is 25.1. The van der Waals surface area contributed by atoms with Crippen LogP contribution in [0.2, 0.25) is 0 Å². The average Bonchev–Trinajstić information content (AvgIpc) is 2.41. The van der Waals surface area contributed by atoms with E-state index in [0.717, 1.165) is 13.0 Å². The number of nitrogens with one attached hydrogen (secondary N) is 1. The molecule has 112 valence electrons. The van der Waals surface area contributed by atoms with Crippen LogP contribution in [0.4, 0.5) is 0 Å². The van der Waals surface area contributed by atoms with Crippen LogP contribution in [0.5, 0.6) is 0 Å². The number of allylic oxidation sites excluding steroid dienone is 1. The van der Waals surface area contributed by atoms with Crippen LogP contribution in [0, 0.1) is 5.92 Å². The fourth-order valence-electron chi connectivity index (χ4n) is 2.68. The molecule has 1 rings (SSSR count). The lowest BCUT2D eigenvalue weighted by molar-refractivity contribution is -0.0497. The molecule has 19 heavy (non-hydrogen) atoms. The fourth-order valence-corrected chi connectivity index (χ4v) is 2.68. The minimum atomic E-state index is -0.398. The van der Waals surface area contributed by atoms with Crippen LogP contribution in [0.1, 0.15) is 52.9 Å². The Labute approximate surface area is 118 Å². The largest absolute Gasteiger partial charge is 0.389 e. The molecule has 3 nitrogen and oxygen atoms in total. The van der Waals surface area contributed by atoms with Gasteiger partial charge < -0.3 is 15.2 Å². The minimum absolute atomic E-state index is 0.367. The first-order valence-electron chi connectivity index (χ1n) is 7.77. The third kappa shape index (κ3) is 7.09. The van der Waals surface area contributed by atoms with E-state index in [9.17, 15) is 5.11 Å². The lowest BCUT2D eigenvalue weighted by Gasteiger charge is -2.31. The Morgan fingerprint density at radius 3 is 2.79 bits per heavy atom. The molecule has 1 saturated carbocycles. The van der Waals surface area contributed by atoms with E-state index in [2.05, 4.69) is 32.2 Å². The van der Waals surface area contributed by atoms with Gasteiger partial charge in [-0.25, -0.2) is 0 Å². The van der Waals surface area contributed by atoms with Crippen molar-refractivity contribution in [2.75, 3.05) is 19.7 Å². The molecule has 0 saturated heterocycles. The van der Waals surface area contributed by atoms with Gasteiger partial charge in [0.1, 0.15) is 0 Å². The van der Waals surface area contributed by atoms with Crippen LogP contribution < -0.4 is 5.32 Å². The molecule has 0 spiro atoms. The average molecular weight is 269 g/mol. The molecular formula is C16H31NO2. The van der Waals surface area contributed by atoms with Crippen molar-refractivity contribution in [3.8, 4) is 0 Å². The van der Waals surface area contributed by atoms with Crippen LogP contribution in [-0.4, -0.2) is 37.0 Å². The van der Waals surface area contributed by atoms with Crippen molar-refractivity contribution in [3.05, 3.63) is 11.6 Å². The molecule has 0 aromatic rings. The molecule has 1 aliphatic carbocycles. The third-order valence-electron chi connectivity index (χ3n) is 3.90. The zero-order valence-corrected chi connectivity index (χ0v) is 12.8. The summed E-state index contributed by atoms with van der Waals surface area (Å²) in [6.07, 6.45) is 8.35. The van der Waals surface area contributed by atoms with E-state index in [1.807, 2.05) is 0 Å². The Kier molecular flexibility index (Phi) is 8.35. The minimum Gasteiger partial charge on any atom is -0.389 e. The lowest BCUT2D eigenvalue weighted by Crippen LogP contribution is -2.35. The Hall–Kier alpha value is -0.380. The summed E-state index contributed by atoms with van der Waals surface area (Å²) in [6.45, 7) is 8.28. The highest BCUT2D eigenvalue weighted by Crippen LogP contribution is 2.29. The monoisotopic (exact) mass is 269 g/mol. The van der Waals surface area contributed by atoms with Crippen LogP contribution >= 0.6 is 0 Å². The van der Waals surface area contributed by atoms with Gasteiger partial charge in [0.05, 0.1) is 18.8 Å². The Morgan fingerprint density at radius 2 is 2.11 bits per heavy atom. The summed E-state index contributed by atoms with van der Waals surface area (Å²) < 4.78 is 5.92. The molecule has 0 aliphatic heterocycles. The van der Waals surface area contributed by atoms with Gasteiger partial charge >= 0.3 is 0 Å². The Balaban J connectivity index is 2.14. The van der Waals surface area contributed by atoms with Crippen molar-refractivity contribution < 1.29 is 9.84 Å². The predicted molar refractivity (Wildman–Crippen MR) is 80.3 cm³/mol. The number of hydrogen-bond donors (Lipinski definition) is 2. The molecule has 3 heteroatoms. The van der Waals surface area contributed by atoms with Gasteiger partial charge in [0.15, 0.2) is 0 Å². The van der Waals surface area contributed by atoms with Gasteiger partial charge in [0.2, 0.25) is 0 Å². The predicted octanol–water partition coefficient (Wildman–Crippen LogP) is 2.89. The smallest absolute Gasteiger partial charge is 0.0897 e. The summed E-state index contributed by atoms with van der Waals surface area (Å²) in [4.78, 5) is 0. The van der Waals surface area contributed by atoms with E-state index in [4.69, 9.17) is 4.74 Å². The van der Waals surface area contributed by atoms with Crippen LogP contribution in [0.15, 0.2) is 11.6 Å². The standard InChI is InChI=1S/C16H31NO2/c1-4-14-7-5-6-8-16(14)19-12-15(18)11-17-10-9-13(2)3/h9,14-18H,4-8,10-12H2,1-3H3. The number of hydrogen-bond acceptors (Lipinski definition) is 3. The fraction of sp³-hybridized carbons (Fsp3) is 0.875. The summed E-state index contributed by atoms with van der Waals surface area (Å²) in [5.74, 6) is 0.694. The second-order valence-electron chi connectivity index (χ2n) is 5.92. The molecule has 0 bridgehead atoms. The molecule has 0 aromatic heterocycles. The van der Waals surface area contributed by atoms with Crippen molar-refractivity contribution in [2.24, 2.45) is 5.92 Å². The molecule has 1 aliphatic rings. The zero-order valence-electron chi connectivity index (χ0n) is 12.8. The van der Waals surface area contributed by atoms with Crippen LogP contribution in [0.3, 0.4) is 0 Å². The van der Waals surface area contributed by atoms with Gasteiger partial charge in [-0.3, -0.25) is 0 Å². The van der Waals surface area contributed by atoms with E-state index in [0.29, 0.717) is 25.2 Å². The van der Waals surface area contributed by atoms with Gasteiger partial charge in [-0.05, 0) is 32.6 Å². The van der Waals surface area contributed by atoms with Gasteiger partial charge in [0.25, 0.3) is 0 Å². The highest BCUT2D eigenvalue weighted by atomic mass is 16.5. The summed E-state index contributed by atoms with van der Waals surface area (Å²) in [5, 5.41) is 13.1. The van der Waals surface area contributed by atoms with Gasteiger partial charge in [-0.2, -0.15) is 0 Å². The molecule has 0 amide bonds. The summed E-state index contributed by atoms with van der Waals surface area (Å²) in [7, 11) is 0. The van der Waals surface area contributed by atoms with Crippen molar-refractivity contribution >= 4 is 0 Å². The van der Waals surface area contributed by atoms with Crippen LogP contribution in [0.25, 0.3) is 0 Å². The van der Waals surface area contributed by atoms with Crippen molar-refractivity contribution in [1.82, 2.24) is 5.32 Å². The number of aliphatic hydroxyl groups is 1. The van der Waals surface area contributed by atoms with E-state index >= 15 is 0 Å². The number of ether oxygens (including phenoxy) is 1. The van der Waals surface area contributed by atoms with Crippen molar-refractivity contribution in [2.45, 2.75) is 65.1 Å². The first-order chi connectivity index (χ1) is 9.13. The first kappa shape index (κ1) is 16.7. The molecule has 0 heterocycles. The second kappa shape index (κ2) is 9.51. The quantitative estimate of drug-likeness (QED) is 0.526. The molecular weight excluding hydrogens is 238 g/mol. The molecule has 2 N–H and O–H groups in total. The Bertz CT molecular complexity index is 261. The van der Waals surface area contributed by atoms with E-state index in [-0.39, 0.29) is 0 Å². The maximum Gasteiger partial charge on any atom is 0.0897 e. The summed E-state index contributed by atoms with van der Waals surface area (Å²) >= 11 is 0. The molecule has 3 atom stereocenters. The van der Waals surface area contributed by atoms with E-state index < -0.39 is 6.10 Å². The molecule has 3 unspecified atom stereocenters. The summed E-state index contributed by atoms with van der Waals surface area (Å²) in [6, 6.07) is 0. The topological polar surface area (TPSA) is 41.5 Å². The van der Waals surface area contributed by atoms with Crippen molar-refractivity contribution in [1.29, 1.82) is 0 Å². The summed E-state index contributed by atoms with van der Waals surface area (Å²) in [5.41, 5.74) is 1.30. The highest BCUT2D eigenvalue weighted by molar-refractivity contribution is 4.94. The highest BCUT2D eigenvalue weighted by Gasteiger charge is 2.24. The maximum absolute atomic E-state index is 9.90. The SMILES string of the molecule is CCC1CCCCC1OCC(O)CNCC=C(C)C. The zero-order chi connectivity index (χ0) is 14.1. The number of rotatable bonds is 8. The maximum atomic E-state index is 9.90. The van der Waals surface area contributed by atoms with E-state index in [1.54, 1.807) is 0 Å². The van der Waals surface area contributed by atoms with Crippen LogP contribution in [-0.2, 0) is 4.74 Å². The van der Waals surface area contributed by atoms with Crippen molar-refractivity contribution in [3.63, 3.8) is 0 Å². The molecule has 1 fully saturated rings. The third-order valence-corrected chi connectivity index (χ3v) is 3.90. The number of aliphatic hydroxyl groups excluding tert-OH is 1. The van der Waals surface area contributed by atoms with E-state index in [1.165, 1.54) is 31.3 Å². The Morgan fingerprint density at radius 1 is 1.37 bits per heavy atom. The van der Waals surface area contributed by atoms with Gasteiger partial charge in [-0.15, -0.1) is 0 Å². The van der Waals surface area contributed by atoms with Gasteiger partial charge in [-0.1, -0.05) is 37.8 Å². The second-order valence-corrected chi connectivity index (χ2v) is 5.92. The molecule has 0 aromatic carbocycles. The molecule has 0 radical (unpaired) electrons. The lowest BCUT2D eigenvalue weighted by atomic mass is 9.85. The first-order valence-corrected chi connectivity index (χ1v) is 7.77. The van der Waals surface area contributed by atoms with Gasteiger partial charge in [0, 0.05) is 13.1 Å².